The molecule has 0 aromatic rings. The molecule has 4 bridgehead atoms. The first kappa shape index (κ1) is 11.6. The molecule has 2 unspecified atom stereocenters. The molecule has 0 saturated heterocycles. The predicted octanol–water partition coefficient (Wildman–Crippen LogP) is 3.30. The third-order valence-electron chi connectivity index (χ3n) is 5.74. The number of hydrogen-bond donors (Lipinski definition) is 0. The van der Waals surface area contributed by atoms with Crippen LogP contribution >= 0.6 is 0 Å². The van der Waals surface area contributed by atoms with Gasteiger partial charge in [0.25, 0.3) is 0 Å². The van der Waals surface area contributed by atoms with E-state index in [-0.39, 0.29) is 0 Å². The fourth-order valence-electron chi connectivity index (χ4n) is 6.12. The number of nitrogens with zero attached hydrogens (tertiary/aromatic N) is 1. The quantitative estimate of drug-likeness (QED) is 0.659. The first-order chi connectivity index (χ1) is 7.89. The van der Waals surface area contributed by atoms with Gasteiger partial charge in [-0.3, -0.25) is 4.90 Å². The Morgan fingerprint density at radius 2 is 1.71 bits per heavy atom. The summed E-state index contributed by atoms with van der Waals surface area (Å²) in [4.78, 5) is 2.49. The summed E-state index contributed by atoms with van der Waals surface area (Å²) in [5, 5.41) is 0. The lowest BCUT2D eigenvalue weighted by Crippen LogP contribution is -2.64. The molecule has 0 aliphatic heterocycles. The van der Waals surface area contributed by atoms with Gasteiger partial charge in [-0.05, 0) is 62.3 Å². The summed E-state index contributed by atoms with van der Waals surface area (Å²) in [5.74, 6) is 3.80. The van der Waals surface area contributed by atoms with Crippen molar-refractivity contribution in [3.8, 4) is 12.3 Å². The van der Waals surface area contributed by atoms with Crippen LogP contribution in [-0.2, 0) is 0 Å². The summed E-state index contributed by atoms with van der Waals surface area (Å²) in [6.45, 7) is 5.86. The van der Waals surface area contributed by atoms with Crippen molar-refractivity contribution in [2.75, 3.05) is 13.6 Å². The van der Waals surface area contributed by atoms with E-state index in [0.29, 0.717) is 16.4 Å². The Hall–Kier alpha value is -0.480. The van der Waals surface area contributed by atoms with E-state index in [2.05, 4.69) is 31.7 Å². The molecule has 0 aromatic carbocycles. The maximum Gasteiger partial charge on any atom is 0.0600 e. The van der Waals surface area contributed by atoms with Crippen molar-refractivity contribution < 1.29 is 0 Å². The highest BCUT2D eigenvalue weighted by Crippen LogP contribution is 2.67. The predicted molar refractivity (Wildman–Crippen MR) is 71.6 cm³/mol. The van der Waals surface area contributed by atoms with Crippen LogP contribution in [0.25, 0.3) is 0 Å². The van der Waals surface area contributed by atoms with Gasteiger partial charge in [-0.25, -0.2) is 0 Å². The third kappa shape index (κ3) is 1.65. The molecule has 0 spiro atoms. The van der Waals surface area contributed by atoms with Crippen LogP contribution < -0.4 is 0 Å². The zero-order valence-corrected chi connectivity index (χ0v) is 11.6. The normalized spacial score (nSPS) is 51.8. The van der Waals surface area contributed by atoms with Crippen molar-refractivity contribution in [2.45, 2.75) is 57.9 Å². The lowest BCUT2D eigenvalue weighted by molar-refractivity contribution is -0.153. The molecule has 0 heterocycles. The molecule has 0 aromatic heterocycles. The van der Waals surface area contributed by atoms with E-state index in [1.54, 1.807) is 0 Å². The number of terminal acetylenes is 1. The molecule has 4 aliphatic rings. The highest BCUT2D eigenvalue weighted by atomic mass is 15.2. The summed E-state index contributed by atoms with van der Waals surface area (Å²) in [6, 6.07) is 0. The van der Waals surface area contributed by atoms with Crippen LogP contribution in [0.15, 0.2) is 0 Å². The smallest absolute Gasteiger partial charge is 0.0600 e. The van der Waals surface area contributed by atoms with Crippen LogP contribution in [0.4, 0.5) is 0 Å². The van der Waals surface area contributed by atoms with Crippen molar-refractivity contribution >= 4 is 0 Å². The zero-order valence-electron chi connectivity index (χ0n) is 11.6. The van der Waals surface area contributed by atoms with E-state index in [1.165, 1.54) is 38.5 Å². The molecule has 2 atom stereocenters. The SMILES string of the molecule is C#CCN(C)C12CC3CC(C)(CC(C)(C3)C1)C2. The number of rotatable bonds is 2. The average Bonchev–Trinajstić information content (AvgIpc) is 2.11. The Balaban J connectivity index is 1.95. The summed E-state index contributed by atoms with van der Waals surface area (Å²) in [7, 11) is 2.25. The van der Waals surface area contributed by atoms with E-state index in [4.69, 9.17) is 6.42 Å². The summed E-state index contributed by atoms with van der Waals surface area (Å²) < 4.78 is 0. The van der Waals surface area contributed by atoms with Crippen LogP contribution in [0.5, 0.6) is 0 Å². The average molecular weight is 231 g/mol. The van der Waals surface area contributed by atoms with E-state index in [9.17, 15) is 0 Å². The van der Waals surface area contributed by atoms with Crippen molar-refractivity contribution in [3.05, 3.63) is 0 Å². The van der Waals surface area contributed by atoms with E-state index >= 15 is 0 Å². The van der Waals surface area contributed by atoms with E-state index < -0.39 is 0 Å². The van der Waals surface area contributed by atoms with Crippen LogP contribution in [-0.4, -0.2) is 24.0 Å². The van der Waals surface area contributed by atoms with E-state index in [0.717, 1.165) is 12.5 Å². The van der Waals surface area contributed by atoms with Crippen LogP contribution in [0, 0.1) is 29.1 Å². The molecule has 1 heteroatoms. The minimum absolute atomic E-state index is 0.426. The first-order valence-corrected chi connectivity index (χ1v) is 7.04. The molecule has 0 N–H and O–H groups in total. The molecular weight excluding hydrogens is 206 g/mol. The highest BCUT2D eigenvalue weighted by molar-refractivity contribution is 5.15. The van der Waals surface area contributed by atoms with Gasteiger partial charge in [-0.1, -0.05) is 19.8 Å². The van der Waals surface area contributed by atoms with Crippen LogP contribution in [0.3, 0.4) is 0 Å². The van der Waals surface area contributed by atoms with Gasteiger partial charge in [-0.2, -0.15) is 0 Å². The van der Waals surface area contributed by atoms with Crippen molar-refractivity contribution in [1.29, 1.82) is 0 Å². The molecule has 0 amide bonds. The fourth-order valence-corrected chi connectivity index (χ4v) is 6.12. The van der Waals surface area contributed by atoms with Gasteiger partial charge in [0.1, 0.15) is 0 Å². The van der Waals surface area contributed by atoms with Crippen LogP contribution in [0.1, 0.15) is 52.4 Å². The highest BCUT2D eigenvalue weighted by Gasteiger charge is 2.61. The molecule has 1 nitrogen and oxygen atoms in total. The molecule has 94 valence electrons. The third-order valence-corrected chi connectivity index (χ3v) is 5.74. The Labute approximate surface area is 106 Å². The first-order valence-electron chi connectivity index (χ1n) is 7.04. The monoisotopic (exact) mass is 231 g/mol. The summed E-state index contributed by atoms with van der Waals surface area (Å²) in [6.07, 6.45) is 14.1. The van der Waals surface area contributed by atoms with Gasteiger partial charge in [0.05, 0.1) is 6.54 Å². The molecule has 0 radical (unpaired) electrons. The van der Waals surface area contributed by atoms with Crippen LogP contribution in [0.2, 0.25) is 0 Å². The molecule has 4 saturated carbocycles. The molecular formula is C16H25N. The second kappa shape index (κ2) is 3.29. The zero-order chi connectivity index (χ0) is 12.3. The molecule has 17 heavy (non-hydrogen) atoms. The minimum atomic E-state index is 0.426. The van der Waals surface area contributed by atoms with Gasteiger partial charge in [0.15, 0.2) is 0 Å². The maximum atomic E-state index is 5.52. The standard InChI is InChI=1S/C16H25N/c1-5-6-17(4)16-9-13-7-14(2,11-16)10-15(3,8-13)12-16/h1,13H,6-12H2,2-4H3. The molecule has 4 rings (SSSR count). The van der Waals surface area contributed by atoms with Gasteiger partial charge >= 0.3 is 0 Å². The molecule has 4 aliphatic carbocycles. The Morgan fingerprint density at radius 1 is 1.12 bits per heavy atom. The lowest BCUT2D eigenvalue weighted by Gasteiger charge is -2.67. The summed E-state index contributed by atoms with van der Waals surface area (Å²) >= 11 is 0. The Bertz CT molecular complexity index is 359. The van der Waals surface area contributed by atoms with Gasteiger partial charge in [-0.15, -0.1) is 6.42 Å². The summed E-state index contributed by atoms with van der Waals surface area (Å²) in [5.41, 5.74) is 1.61. The topological polar surface area (TPSA) is 3.24 Å². The van der Waals surface area contributed by atoms with Gasteiger partial charge in [0.2, 0.25) is 0 Å². The van der Waals surface area contributed by atoms with Gasteiger partial charge < -0.3 is 0 Å². The largest absolute Gasteiger partial charge is 0.290 e. The van der Waals surface area contributed by atoms with E-state index in [1.807, 2.05) is 0 Å². The maximum absolute atomic E-state index is 5.52. The second-order valence-electron chi connectivity index (χ2n) is 7.91. The van der Waals surface area contributed by atoms with Crippen molar-refractivity contribution in [3.63, 3.8) is 0 Å². The molecule has 4 fully saturated rings. The Morgan fingerprint density at radius 3 is 2.18 bits per heavy atom. The minimum Gasteiger partial charge on any atom is -0.290 e. The second-order valence-corrected chi connectivity index (χ2v) is 7.91. The lowest BCUT2D eigenvalue weighted by atomic mass is 9.42. The van der Waals surface area contributed by atoms with Crippen molar-refractivity contribution in [1.82, 2.24) is 4.90 Å². The van der Waals surface area contributed by atoms with Crippen molar-refractivity contribution in [2.24, 2.45) is 16.7 Å². The Kier molecular flexibility index (Phi) is 2.25. The number of hydrogen-bond acceptors (Lipinski definition) is 1. The fraction of sp³-hybridized carbons (Fsp3) is 0.875. The van der Waals surface area contributed by atoms with Gasteiger partial charge in [0, 0.05) is 5.54 Å².